The van der Waals surface area contributed by atoms with Gasteiger partial charge in [-0.3, -0.25) is 0 Å². The summed E-state index contributed by atoms with van der Waals surface area (Å²) in [6.45, 7) is 3.97. The van der Waals surface area contributed by atoms with Gasteiger partial charge >= 0.3 is 0 Å². The minimum atomic E-state index is -0.0205. The van der Waals surface area contributed by atoms with Gasteiger partial charge in [-0.05, 0) is 61.5 Å². The van der Waals surface area contributed by atoms with Crippen LogP contribution in [0.2, 0.25) is 0 Å². The van der Waals surface area contributed by atoms with Crippen LogP contribution in [0.4, 0.5) is 0 Å². The molecule has 0 unspecified atom stereocenters. The first kappa shape index (κ1) is 20.9. The van der Waals surface area contributed by atoms with Crippen LogP contribution in [0.5, 0.6) is 0 Å². The molecule has 1 saturated heterocycles. The third-order valence-electron chi connectivity index (χ3n) is 6.24. The molecule has 1 aliphatic carbocycles. The Morgan fingerprint density at radius 1 is 1.00 bits per heavy atom. The topological polar surface area (TPSA) is 18.5 Å². The Labute approximate surface area is 170 Å². The number of ether oxygens (including phenoxy) is 2. The maximum atomic E-state index is 5.92. The summed E-state index contributed by atoms with van der Waals surface area (Å²) in [5.74, 6) is 1.98. The normalized spacial score (nSPS) is 29.3. The van der Waals surface area contributed by atoms with Crippen LogP contribution in [0.15, 0.2) is 35.9 Å². The molecule has 150 valence electrons. The number of allylic oxidation sites excluding steroid dienone is 1. The first-order valence-electron chi connectivity index (χ1n) is 10.9. The molecule has 1 aliphatic heterocycles. The molecule has 0 spiro atoms. The van der Waals surface area contributed by atoms with Crippen LogP contribution in [0, 0.1) is 11.8 Å². The fraction of sp³-hybridized carbons (Fsp3) is 0.667. The highest BCUT2D eigenvalue weighted by Gasteiger charge is 2.22. The second-order valence-electron chi connectivity index (χ2n) is 8.31. The van der Waals surface area contributed by atoms with E-state index < -0.39 is 0 Å². The predicted molar refractivity (Wildman–Crippen MR) is 113 cm³/mol. The Morgan fingerprint density at radius 3 is 2.33 bits per heavy atom. The zero-order chi connectivity index (χ0) is 18.9. The first-order valence-corrected chi connectivity index (χ1v) is 11.3. The van der Waals surface area contributed by atoms with Gasteiger partial charge < -0.3 is 9.47 Å². The van der Waals surface area contributed by atoms with Gasteiger partial charge in [0.15, 0.2) is 6.29 Å². The summed E-state index contributed by atoms with van der Waals surface area (Å²) in [6.07, 6.45) is 12.9. The summed E-state index contributed by atoms with van der Waals surface area (Å²) in [4.78, 5) is 0. The van der Waals surface area contributed by atoms with Gasteiger partial charge in [0.2, 0.25) is 0 Å². The van der Waals surface area contributed by atoms with E-state index in [1.165, 1.54) is 56.1 Å². The van der Waals surface area contributed by atoms with E-state index in [0.717, 1.165) is 26.1 Å². The number of halogens is 1. The maximum absolute atomic E-state index is 5.92. The van der Waals surface area contributed by atoms with Crippen molar-refractivity contribution in [2.24, 2.45) is 11.8 Å². The second-order valence-corrected chi connectivity index (χ2v) is 8.57. The Balaban J connectivity index is 1.39. The molecule has 1 aromatic carbocycles. The van der Waals surface area contributed by atoms with Crippen LogP contribution >= 0.6 is 11.6 Å². The Kier molecular flexibility index (Phi) is 8.70. The van der Waals surface area contributed by atoms with Crippen LogP contribution in [-0.4, -0.2) is 19.5 Å². The van der Waals surface area contributed by atoms with E-state index >= 15 is 0 Å². The Morgan fingerprint density at radius 2 is 1.70 bits per heavy atom. The average molecular weight is 391 g/mol. The molecule has 0 bridgehead atoms. The van der Waals surface area contributed by atoms with E-state index in [1.54, 1.807) is 5.54 Å². The minimum Gasteiger partial charge on any atom is -0.352 e. The lowest BCUT2D eigenvalue weighted by atomic mass is 9.78. The lowest BCUT2D eigenvalue weighted by molar-refractivity contribution is -0.203. The number of benzene rings is 1. The summed E-state index contributed by atoms with van der Waals surface area (Å²) >= 11 is 5.72. The summed E-state index contributed by atoms with van der Waals surface area (Å²) < 4.78 is 11.8. The van der Waals surface area contributed by atoms with Crippen molar-refractivity contribution in [1.82, 2.24) is 0 Å². The first-order chi connectivity index (χ1) is 13.3. The molecule has 0 radical (unpaired) electrons. The molecule has 1 aromatic rings. The van der Waals surface area contributed by atoms with E-state index in [4.69, 9.17) is 21.1 Å². The summed E-state index contributed by atoms with van der Waals surface area (Å²) in [7, 11) is 0. The average Bonchev–Trinajstić information content (AvgIpc) is 2.73. The fourth-order valence-corrected chi connectivity index (χ4v) is 4.60. The van der Waals surface area contributed by atoms with E-state index in [0.29, 0.717) is 17.8 Å². The highest BCUT2D eigenvalue weighted by Crippen LogP contribution is 2.36. The lowest BCUT2D eigenvalue weighted by Crippen LogP contribution is -2.32. The number of hydrogen-bond donors (Lipinski definition) is 0. The largest absolute Gasteiger partial charge is 0.352 e. The van der Waals surface area contributed by atoms with Crippen LogP contribution < -0.4 is 0 Å². The molecule has 2 nitrogen and oxygen atoms in total. The van der Waals surface area contributed by atoms with Crippen molar-refractivity contribution in [2.75, 3.05) is 13.2 Å². The highest BCUT2D eigenvalue weighted by atomic mass is 35.5. The van der Waals surface area contributed by atoms with Crippen LogP contribution in [0.25, 0.3) is 0 Å². The molecule has 3 rings (SSSR count). The molecule has 1 heterocycles. The Bertz CT molecular complexity index is 552. The van der Waals surface area contributed by atoms with Crippen molar-refractivity contribution in [3.05, 3.63) is 47.0 Å². The highest BCUT2D eigenvalue weighted by molar-refractivity contribution is 6.25. The van der Waals surface area contributed by atoms with Crippen LogP contribution in [0.1, 0.15) is 75.3 Å². The monoisotopic (exact) mass is 390 g/mol. The van der Waals surface area contributed by atoms with E-state index in [-0.39, 0.29) is 6.29 Å². The van der Waals surface area contributed by atoms with Gasteiger partial charge in [0.25, 0.3) is 0 Å². The SMILES string of the molecule is CCCCC1COC(CCc2ccc(C3CCC(/C=C/Cl)CC3)cc2)OC1. The van der Waals surface area contributed by atoms with Crippen molar-refractivity contribution in [3.63, 3.8) is 0 Å². The van der Waals surface area contributed by atoms with Crippen LogP contribution in [-0.2, 0) is 15.9 Å². The quantitative estimate of drug-likeness (QED) is 0.484. The van der Waals surface area contributed by atoms with E-state index in [2.05, 4.69) is 37.3 Å². The van der Waals surface area contributed by atoms with Crippen molar-refractivity contribution >= 4 is 11.6 Å². The standard InChI is InChI=1S/C24H35ClO2/c1-2-3-4-21-17-26-24(27-18-21)14-9-19-5-10-22(11-6-19)23-12-7-20(8-13-23)15-16-25/h5-6,10-11,15-16,20-21,23-24H,2-4,7-9,12-14,17-18H2,1H3/b16-15+. The van der Waals surface area contributed by atoms with Crippen molar-refractivity contribution in [1.29, 1.82) is 0 Å². The van der Waals surface area contributed by atoms with Crippen molar-refractivity contribution in [3.8, 4) is 0 Å². The third kappa shape index (κ3) is 6.62. The molecule has 27 heavy (non-hydrogen) atoms. The molecular formula is C24H35ClO2. The number of hydrogen-bond acceptors (Lipinski definition) is 2. The molecule has 2 aliphatic rings. The molecule has 2 fully saturated rings. The predicted octanol–water partition coefficient (Wildman–Crippen LogP) is 6.82. The number of rotatable bonds is 8. The molecule has 0 N–H and O–H groups in total. The van der Waals surface area contributed by atoms with Crippen LogP contribution in [0.3, 0.4) is 0 Å². The molecular weight excluding hydrogens is 356 g/mol. The van der Waals surface area contributed by atoms with Gasteiger partial charge in [-0.15, -0.1) is 0 Å². The van der Waals surface area contributed by atoms with Crippen molar-refractivity contribution in [2.45, 2.75) is 76.9 Å². The summed E-state index contributed by atoms with van der Waals surface area (Å²) in [5, 5.41) is 0. The maximum Gasteiger partial charge on any atom is 0.157 e. The molecule has 3 heteroatoms. The molecule has 0 aromatic heterocycles. The van der Waals surface area contributed by atoms with Gasteiger partial charge in [-0.25, -0.2) is 0 Å². The van der Waals surface area contributed by atoms with Gasteiger partial charge in [0.1, 0.15) is 0 Å². The fourth-order valence-electron chi connectivity index (χ4n) is 4.40. The van der Waals surface area contributed by atoms with Crippen molar-refractivity contribution < 1.29 is 9.47 Å². The molecule has 0 amide bonds. The second kappa shape index (κ2) is 11.2. The van der Waals surface area contributed by atoms with E-state index in [1.807, 2.05) is 0 Å². The zero-order valence-electron chi connectivity index (χ0n) is 16.7. The Hall–Kier alpha value is -0.830. The number of aryl methyl sites for hydroxylation is 1. The summed E-state index contributed by atoms with van der Waals surface area (Å²) in [6, 6.07) is 9.27. The zero-order valence-corrected chi connectivity index (χ0v) is 17.5. The van der Waals surface area contributed by atoms with Gasteiger partial charge in [-0.2, -0.15) is 0 Å². The minimum absolute atomic E-state index is 0.0205. The van der Waals surface area contributed by atoms with E-state index in [9.17, 15) is 0 Å². The van der Waals surface area contributed by atoms with Gasteiger partial charge in [-0.1, -0.05) is 61.7 Å². The van der Waals surface area contributed by atoms with Gasteiger partial charge in [0.05, 0.1) is 13.2 Å². The third-order valence-corrected chi connectivity index (χ3v) is 6.38. The molecule has 1 saturated carbocycles. The molecule has 0 atom stereocenters. The smallest absolute Gasteiger partial charge is 0.157 e. The van der Waals surface area contributed by atoms with Gasteiger partial charge in [0, 0.05) is 17.9 Å². The lowest BCUT2D eigenvalue weighted by Gasteiger charge is -2.29. The number of unbranched alkanes of at least 4 members (excludes halogenated alkanes) is 1. The summed E-state index contributed by atoms with van der Waals surface area (Å²) in [5.41, 5.74) is 4.57.